The van der Waals surface area contributed by atoms with Crippen LogP contribution < -0.4 is 0 Å². The normalized spacial score (nSPS) is 11.9. The van der Waals surface area contributed by atoms with Crippen LogP contribution in [-0.2, 0) is 13.6 Å². The SMILES string of the molecule is CCOP(=O)(CCCS)OCC. The molecule has 0 amide bonds. The van der Waals surface area contributed by atoms with Crippen LogP contribution in [0.25, 0.3) is 0 Å². The van der Waals surface area contributed by atoms with Crippen molar-refractivity contribution in [3.8, 4) is 0 Å². The molecular weight excluding hydrogens is 195 g/mol. The lowest BCUT2D eigenvalue weighted by Crippen LogP contribution is -2.00. The predicted octanol–water partition coefficient (Wildman–Crippen LogP) is 2.57. The molecule has 0 unspecified atom stereocenters. The molecule has 0 aromatic rings. The first-order chi connectivity index (χ1) is 5.68. The highest BCUT2D eigenvalue weighted by atomic mass is 32.1. The van der Waals surface area contributed by atoms with E-state index in [4.69, 9.17) is 9.05 Å². The van der Waals surface area contributed by atoms with E-state index in [1.165, 1.54) is 0 Å². The maximum atomic E-state index is 11.7. The van der Waals surface area contributed by atoms with Crippen molar-refractivity contribution in [1.82, 2.24) is 0 Å². The average Bonchev–Trinajstić information content (AvgIpc) is 2.02. The second kappa shape index (κ2) is 6.96. The molecular formula is C7H17O3PS. The van der Waals surface area contributed by atoms with Gasteiger partial charge in [0.15, 0.2) is 0 Å². The zero-order valence-electron chi connectivity index (χ0n) is 7.65. The minimum atomic E-state index is -2.78. The van der Waals surface area contributed by atoms with Crippen LogP contribution in [0.5, 0.6) is 0 Å². The molecule has 0 saturated heterocycles. The van der Waals surface area contributed by atoms with Crippen molar-refractivity contribution in [3.63, 3.8) is 0 Å². The zero-order chi connectivity index (χ0) is 9.45. The fourth-order valence-electron chi connectivity index (χ4n) is 0.824. The summed E-state index contributed by atoms with van der Waals surface area (Å²) < 4.78 is 21.8. The molecule has 0 aliphatic heterocycles. The summed E-state index contributed by atoms with van der Waals surface area (Å²) in [5.74, 6) is 0.712. The summed E-state index contributed by atoms with van der Waals surface area (Å²) in [5.41, 5.74) is 0. The van der Waals surface area contributed by atoms with Gasteiger partial charge in [0.05, 0.1) is 19.4 Å². The van der Waals surface area contributed by atoms with Gasteiger partial charge in [0.2, 0.25) is 0 Å². The molecule has 0 saturated carbocycles. The molecule has 0 N–H and O–H groups in total. The van der Waals surface area contributed by atoms with Crippen LogP contribution in [0.4, 0.5) is 0 Å². The molecule has 0 spiro atoms. The van der Waals surface area contributed by atoms with Crippen LogP contribution >= 0.6 is 20.2 Å². The van der Waals surface area contributed by atoms with E-state index < -0.39 is 7.60 Å². The molecule has 74 valence electrons. The molecule has 0 atom stereocenters. The summed E-state index contributed by atoms with van der Waals surface area (Å²) >= 11 is 4.04. The van der Waals surface area contributed by atoms with Gasteiger partial charge in [-0.15, -0.1) is 0 Å². The van der Waals surface area contributed by atoms with Gasteiger partial charge in [0.25, 0.3) is 0 Å². The van der Waals surface area contributed by atoms with Crippen LogP contribution in [0.15, 0.2) is 0 Å². The lowest BCUT2D eigenvalue weighted by molar-refractivity contribution is 0.220. The summed E-state index contributed by atoms with van der Waals surface area (Å²) in [7, 11) is -2.78. The number of thiol groups is 1. The summed E-state index contributed by atoms with van der Waals surface area (Å²) in [6, 6.07) is 0. The van der Waals surface area contributed by atoms with Crippen molar-refractivity contribution >= 4 is 20.2 Å². The van der Waals surface area contributed by atoms with Crippen molar-refractivity contribution in [2.24, 2.45) is 0 Å². The zero-order valence-corrected chi connectivity index (χ0v) is 9.44. The Morgan fingerprint density at radius 1 is 1.25 bits per heavy atom. The van der Waals surface area contributed by atoms with E-state index in [0.29, 0.717) is 25.1 Å². The second-order valence-electron chi connectivity index (χ2n) is 2.25. The van der Waals surface area contributed by atoms with Gasteiger partial charge in [0, 0.05) is 0 Å². The van der Waals surface area contributed by atoms with Gasteiger partial charge < -0.3 is 9.05 Å². The van der Waals surface area contributed by atoms with E-state index in [0.717, 1.165) is 6.42 Å². The van der Waals surface area contributed by atoms with E-state index >= 15 is 0 Å². The molecule has 0 aromatic heterocycles. The Labute approximate surface area is 79.8 Å². The first kappa shape index (κ1) is 12.5. The van der Waals surface area contributed by atoms with E-state index in [-0.39, 0.29) is 0 Å². The average molecular weight is 212 g/mol. The number of hydrogen-bond donors (Lipinski definition) is 1. The van der Waals surface area contributed by atoms with Gasteiger partial charge in [0.1, 0.15) is 0 Å². The molecule has 12 heavy (non-hydrogen) atoms. The summed E-state index contributed by atoms with van der Waals surface area (Å²) in [4.78, 5) is 0. The minimum absolute atomic E-state index is 0.434. The molecule has 0 bridgehead atoms. The second-order valence-corrected chi connectivity index (χ2v) is 4.88. The van der Waals surface area contributed by atoms with E-state index in [9.17, 15) is 4.57 Å². The van der Waals surface area contributed by atoms with Crippen molar-refractivity contribution in [3.05, 3.63) is 0 Å². The van der Waals surface area contributed by atoms with E-state index in [2.05, 4.69) is 12.6 Å². The maximum Gasteiger partial charge on any atom is 0.330 e. The largest absolute Gasteiger partial charge is 0.330 e. The summed E-state index contributed by atoms with van der Waals surface area (Å²) in [5, 5.41) is 0. The molecule has 0 aliphatic rings. The molecule has 0 aromatic carbocycles. The Morgan fingerprint density at radius 3 is 2.08 bits per heavy atom. The highest BCUT2D eigenvalue weighted by Crippen LogP contribution is 2.48. The molecule has 0 fully saturated rings. The fourth-order valence-corrected chi connectivity index (χ4v) is 2.90. The quantitative estimate of drug-likeness (QED) is 0.520. The van der Waals surface area contributed by atoms with Crippen LogP contribution in [0.3, 0.4) is 0 Å². The topological polar surface area (TPSA) is 35.5 Å². The van der Waals surface area contributed by atoms with Gasteiger partial charge >= 0.3 is 7.60 Å². The lowest BCUT2D eigenvalue weighted by Gasteiger charge is -2.15. The Balaban J connectivity index is 3.90. The van der Waals surface area contributed by atoms with Crippen LogP contribution in [0, 0.1) is 0 Å². The Hall–Kier alpha value is 0.500. The van der Waals surface area contributed by atoms with Crippen molar-refractivity contribution in [1.29, 1.82) is 0 Å². The number of hydrogen-bond acceptors (Lipinski definition) is 4. The predicted molar refractivity (Wildman–Crippen MR) is 54.2 cm³/mol. The van der Waals surface area contributed by atoms with Crippen LogP contribution in [0.2, 0.25) is 0 Å². The third-order valence-electron chi connectivity index (χ3n) is 1.24. The Kier molecular flexibility index (Phi) is 7.25. The monoisotopic (exact) mass is 212 g/mol. The first-order valence-corrected chi connectivity index (χ1v) is 6.53. The van der Waals surface area contributed by atoms with Crippen molar-refractivity contribution in [2.75, 3.05) is 25.1 Å². The first-order valence-electron chi connectivity index (χ1n) is 4.17. The highest BCUT2D eigenvalue weighted by molar-refractivity contribution is 7.80. The van der Waals surface area contributed by atoms with Gasteiger partial charge in [-0.05, 0) is 26.0 Å². The Morgan fingerprint density at radius 2 is 1.75 bits per heavy atom. The highest BCUT2D eigenvalue weighted by Gasteiger charge is 2.21. The summed E-state index contributed by atoms with van der Waals surface area (Å²) in [6.45, 7) is 4.49. The van der Waals surface area contributed by atoms with Crippen molar-refractivity contribution in [2.45, 2.75) is 20.3 Å². The third kappa shape index (κ3) is 5.20. The van der Waals surface area contributed by atoms with E-state index in [1.807, 2.05) is 13.8 Å². The standard InChI is InChI=1S/C7H17O3PS/c1-3-9-11(8,10-4-2)6-5-7-12/h12H,3-7H2,1-2H3. The van der Waals surface area contributed by atoms with Crippen LogP contribution in [-0.4, -0.2) is 25.1 Å². The van der Waals surface area contributed by atoms with Gasteiger partial charge in [-0.3, -0.25) is 4.57 Å². The van der Waals surface area contributed by atoms with Crippen LogP contribution in [0.1, 0.15) is 20.3 Å². The number of rotatable bonds is 7. The molecule has 5 heteroatoms. The molecule has 0 aliphatic carbocycles. The van der Waals surface area contributed by atoms with Gasteiger partial charge in [-0.1, -0.05) is 0 Å². The molecule has 0 heterocycles. The van der Waals surface area contributed by atoms with Gasteiger partial charge in [-0.25, -0.2) is 0 Å². The molecule has 0 rings (SSSR count). The van der Waals surface area contributed by atoms with E-state index in [1.54, 1.807) is 0 Å². The summed E-state index contributed by atoms with van der Waals surface area (Å²) in [6.07, 6.45) is 1.23. The molecule has 3 nitrogen and oxygen atoms in total. The third-order valence-corrected chi connectivity index (χ3v) is 3.73. The maximum absolute atomic E-state index is 11.7. The smallest absolute Gasteiger partial charge is 0.309 e. The fraction of sp³-hybridized carbons (Fsp3) is 1.00. The molecule has 0 radical (unpaired) electrons. The lowest BCUT2D eigenvalue weighted by atomic mass is 10.6. The Bertz CT molecular complexity index is 142. The van der Waals surface area contributed by atoms with Crippen molar-refractivity contribution < 1.29 is 13.6 Å². The van der Waals surface area contributed by atoms with Gasteiger partial charge in [-0.2, -0.15) is 12.6 Å². The minimum Gasteiger partial charge on any atom is -0.309 e.